The van der Waals surface area contributed by atoms with Gasteiger partial charge in [0, 0.05) is 38.9 Å². The molecule has 21 heavy (non-hydrogen) atoms. The quantitative estimate of drug-likeness (QED) is 0.436. The summed E-state index contributed by atoms with van der Waals surface area (Å²) in [6.45, 7) is 10.9. The monoisotopic (exact) mass is 325 g/mol. The maximum atomic E-state index is 9.42. The summed E-state index contributed by atoms with van der Waals surface area (Å²) in [6.07, 6.45) is 0.266. The van der Waals surface area contributed by atoms with Crippen LogP contribution in [0, 0.1) is 0 Å². The van der Waals surface area contributed by atoms with Crippen molar-refractivity contribution in [3.8, 4) is 0 Å². The minimum atomic E-state index is -2.36. The molecule has 0 aliphatic heterocycles. The average Bonchev–Trinajstić information content (AvgIpc) is 2.44. The Bertz CT molecular complexity index is 226. The summed E-state index contributed by atoms with van der Waals surface area (Å²) in [4.78, 5) is 9.42. The van der Waals surface area contributed by atoms with Gasteiger partial charge in [-0.1, -0.05) is 6.92 Å². The van der Waals surface area contributed by atoms with Crippen molar-refractivity contribution in [1.29, 1.82) is 0 Å². The van der Waals surface area contributed by atoms with E-state index in [-0.39, 0.29) is 6.61 Å². The molecule has 0 unspecified atom stereocenters. The molecule has 0 heterocycles. The highest BCUT2D eigenvalue weighted by Crippen LogP contribution is 2.17. The van der Waals surface area contributed by atoms with E-state index in [1.165, 1.54) is 0 Å². The summed E-state index contributed by atoms with van der Waals surface area (Å²) >= 11 is 0. The van der Waals surface area contributed by atoms with Crippen LogP contribution >= 0.6 is 0 Å². The van der Waals surface area contributed by atoms with Gasteiger partial charge in [0.15, 0.2) is 0 Å². The minimum absolute atomic E-state index is 0.238. The normalized spacial score (nSPS) is 10.7. The molecule has 0 aliphatic carbocycles. The van der Waals surface area contributed by atoms with Gasteiger partial charge in [-0.25, -0.2) is 0 Å². The second-order valence-electron chi connectivity index (χ2n) is 4.04. The van der Waals surface area contributed by atoms with Gasteiger partial charge in [0.05, 0.1) is 6.54 Å². The molecule has 0 saturated carbocycles. The third kappa shape index (κ3) is 14.0. The molecule has 0 rings (SSSR count). The fraction of sp³-hybridized carbons (Fsp3) is 0.923. The molecule has 0 radical (unpaired) electrons. The lowest BCUT2D eigenvalue weighted by Crippen LogP contribution is -2.52. The molecule has 0 fully saturated rings. The Morgan fingerprint density at radius 3 is 1.76 bits per heavy atom. The maximum absolute atomic E-state index is 9.42. The van der Waals surface area contributed by atoms with Crippen LogP contribution < -0.4 is 10.8 Å². The maximum Gasteiger partial charge on any atom is 0.501 e. The fourth-order valence-electron chi connectivity index (χ4n) is 1.53. The third-order valence-corrected chi connectivity index (χ3v) is 5.40. The summed E-state index contributed by atoms with van der Waals surface area (Å²) in [5.74, 6) is 0. The predicted octanol–water partition coefficient (Wildman–Crippen LogP) is 0.423. The van der Waals surface area contributed by atoms with Gasteiger partial charge in [0.25, 0.3) is 6.16 Å². The zero-order valence-electron chi connectivity index (χ0n) is 13.8. The highest BCUT2D eigenvalue weighted by molar-refractivity contribution is 6.60. The standard InChI is InChI=1S/C9H23NO3Si.C4H8O3/c1-4-11-14(12-5-2,13-6-3)9-7-8-10;1-2-3-7-4(5)6/h4-10H2,1-3H3;2-3H2,1H3,(H,5,6). The van der Waals surface area contributed by atoms with Crippen LogP contribution in [-0.2, 0) is 18.0 Å². The van der Waals surface area contributed by atoms with Gasteiger partial charge in [-0.05, 0) is 27.2 Å². The molecular weight excluding hydrogens is 294 g/mol. The van der Waals surface area contributed by atoms with Gasteiger partial charge in [-0.3, -0.25) is 0 Å². The van der Waals surface area contributed by atoms with Gasteiger partial charge in [-0.2, -0.15) is 0 Å². The highest BCUT2D eigenvalue weighted by Gasteiger charge is 2.39. The second-order valence-corrected chi connectivity index (χ2v) is 6.77. The summed E-state index contributed by atoms with van der Waals surface area (Å²) in [6, 6.07) is 0.881. The van der Waals surface area contributed by atoms with Crippen LogP contribution in [0.5, 0.6) is 0 Å². The van der Waals surface area contributed by atoms with Crippen LogP contribution in [0.2, 0.25) is 6.04 Å². The SMILES string of the molecule is CCCOC(=O)[O-].CCO[Si](CCC[NH3+])(OCC)OCC. The fourth-order valence-corrected chi connectivity index (χ4v) is 4.21. The first-order valence-corrected chi connectivity index (χ1v) is 9.49. The van der Waals surface area contributed by atoms with Crippen LogP contribution in [0.1, 0.15) is 40.5 Å². The van der Waals surface area contributed by atoms with Crippen molar-refractivity contribution < 1.29 is 33.6 Å². The summed E-state index contributed by atoms with van der Waals surface area (Å²) in [7, 11) is -2.36. The van der Waals surface area contributed by atoms with Crippen molar-refractivity contribution >= 4 is 15.0 Å². The lowest BCUT2D eigenvalue weighted by molar-refractivity contribution is -0.367. The van der Waals surface area contributed by atoms with Crippen LogP contribution in [-0.4, -0.2) is 47.9 Å². The molecule has 8 heteroatoms. The largest absolute Gasteiger partial charge is 0.550 e. The van der Waals surface area contributed by atoms with Crippen LogP contribution in [0.3, 0.4) is 0 Å². The van der Waals surface area contributed by atoms with Crippen LogP contribution in [0.25, 0.3) is 0 Å². The lowest BCUT2D eigenvalue weighted by atomic mass is 10.5. The van der Waals surface area contributed by atoms with Gasteiger partial charge in [-0.15, -0.1) is 0 Å². The number of carbonyl (C=O) groups is 1. The molecule has 128 valence electrons. The molecule has 0 atom stereocenters. The summed E-state index contributed by atoms with van der Waals surface area (Å²) in [5, 5.41) is 9.42. The van der Waals surface area contributed by atoms with E-state index in [9.17, 15) is 9.90 Å². The van der Waals surface area contributed by atoms with E-state index in [4.69, 9.17) is 13.3 Å². The van der Waals surface area contributed by atoms with Crippen LogP contribution in [0.4, 0.5) is 4.79 Å². The van der Waals surface area contributed by atoms with Crippen molar-refractivity contribution in [3.63, 3.8) is 0 Å². The zero-order chi connectivity index (χ0) is 16.6. The molecule has 0 spiro atoms. The van der Waals surface area contributed by atoms with Crippen molar-refractivity contribution in [2.45, 2.75) is 46.6 Å². The van der Waals surface area contributed by atoms with E-state index >= 15 is 0 Å². The minimum Gasteiger partial charge on any atom is -0.550 e. The van der Waals surface area contributed by atoms with Gasteiger partial charge in [0.2, 0.25) is 0 Å². The summed E-state index contributed by atoms with van der Waals surface area (Å²) in [5.41, 5.74) is 3.82. The van der Waals surface area contributed by atoms with Crippen molar-refractivity contribution in [3.05, 3.63) is 0 Å². The van der Waals surface area contributed by atoms with Crippen molar-refractivity contribution in [1.82, 2.24) is 0 Å². The number of hydrogen-bond acceptors (Lipinski definition) is 6. The van der Waals surface area contributed by atoms with E-state index in [0.29, 0.717) is 26.2 Å². The first kappa shape index (κ1) is 22.6. The second kappa shape index (κ2) is 15.7. The Balaban J connectivity index is 0. The number of hydrogen-bond donors (Lipinski definition) is 1. The van der Waals surface area contributed by atoms with E-state index in [1.54, 1.807) is 0 Å². The third-order valence-electron chi connectivity index (χ3n) is 2.25. The van der Waals surface area contributed by atoms with E-state index in [0.717, 1.165) is 19.0 Å². The topological polar surface area (TPSA) is 105 Å². The Kier molecular flexibility index (Phi) is 16.9. The number of rotatable bonds is 11. The lowest BCUT2D eigenvalue weighted by Gasteiger charge is -2.27. The number of quaternary nitrogens is 1. The van der Waals surface area contributed by atoms with E-state index < -0.39 is 15.0 Å². The average molecular weight is 325 g/mol. The van der Waals surface area contributed by atoms with Gasteiger partial charge < -0.3 is 33.6 Å². The van der Waals surface area contributed by atoms with Gasteiger partial charge in [0.1, 0.15) is 0 Å². The van der Waals surface area contributed by atoms with E-state index in [2.05, 4.69) is 10.5 Å². The zero-order valence-corrected chi connectivity index (χ0v) is 14.8. The molecule has 0 amide bonds. The molecule has 0 aliphatic rings. The molecule has 0 saturated heterocycles. The Labute approximate surface area is 129 Å². The van der Waals surface area contributed by atoms with Crippen molar-refractivity contribution in [2.75, 3.05) is 33.0 Å². The van der Waals surface area contributed by atoms with Crippen LogP contribution in [0.15, 0.2) is 0 Å². The molecular formula is C13H31NO6Si. The number of ether oxygens (including phenoxy) is 1. The Morgan fingerprint density at radius 1 is 1.05 bits per heavy atom. The molecule has 0 aromatic heterocycles. The molecule has 7 nitrogen and oxygen atoms in total. The summed E-state index contributed by atoms with van der Waals surface area (Å²) < 4.78 is 21.0. The molecule has 0 aromatic rings. The Morgan fingerprint density at radius 2 is 1.52 bits per heavy atom. The van der Waals surface area contributed by atoms with Crippen molar-refractivity contribution in [2.24, 2.45) is 0 Å². The van der Waals surface area contributed by atoms with Gasteiger partial charge >= 0.3 is 8.80 Å². The smallest absolute Gasteiger partial charge is 0.501 e. The first-order chi connectivity index (χ1) is 10.0. The highest BCUT2D eigenvalue weighted by atomic mass is 28.4. The van der Waals surface area contributed by atoms with E-state index in [1.807, 2.05) is 27.7 Å². The molecule has 0 bridgehead atoms. The predicted molar refractivity (Wildman–Crippen MR) is 79.5 cm³/mol. The first-order valence-electron chi connectivity index (χ1n) is 7.56. The number of carbonyl (C=O) groups excluding carboxylic acids is 1. The number of carboxylic acid groups (broad SMARTS) is 1. The Hall–Kier alpha value is -0.673. The molecule has 3 N–H and O–H groups in total. The molecule has 0 aromatic carbocycles.